The van der Waals surface area contributed by atoms with Gasteiger partial charge in [-0.15, -0.1) is 0 Å². The van der Waals surface area contributed by atoms with Gasteiger partial charge < -0.3 is 4.80 Å². The fourth-order valence-corrected chi connectivity index (χ4v) is 5.89. The minimum Gasteiger partial charge on any atom is -0.431 e. The van der Waals surface area contributed by atoms with Crippen LogP contribution >= 0.6 is 0 Å². The van der Waals surface area contributed by atoms with Crippen molar-refractivity contribution in [1.29, 1.82) is 0 Å². The van der Waals surface area contributed by atoms with E-state index in [2.05, 4.69) is 0 Å². The molecule has 12 heavy (non-hydrogen) atoms. The SMILES string of the molecule is CCC1C(CC(F)(F)F)[Si@@]1(C)O. The van der Waals surface area contributed by atoms with E-state index in [1.807, 2.05) is 6.92 Å². The minimum absolute atomic E-state index is 0.0286. The summed E-state index contributed by atoms with van der Waals surface area (Å²) in [6, 6.07) is 0. The second kappa shape index (κ2) is 2.73. The van der Waals surface area contributed by atoms with Crippen LogP contribution in [0.3, 0.4) is 0 Å². The zero-order valence-electron chi connectivity index (χ0n) is 7.15. The predicted molar refractivity (Wildman–Crippen MR) is 42.3 cm³/mol. The first-order valence-electron chi connectivity index (χ1n) is 4.08. The molecule has 1 nitrogen and oxygen atoms in total. The molecule has 0 spiro atoms. The molecule has 1 fully saturated rings. The lowest BCUT2D eigenvalue weighted by molar-refractivity contribution is -0.133. The maximum Gasteiger partial charge on any atom is 0.389 e. The van der Waals surface area contributed by atoms with E-state index >= 15 is 0 Å². The molecule has 1 saturated heterocycles. The lowest BCUT2D eigenvalue weighted by Crippen LogP contribution is -2.14. The van der Waals surface area contributed by atoms with Crippen LogP contribution in [-0.2, 0) is 0 Å². The van der Waals surface area contributed by atoms with Crippen molar-refractivity contribution in [2.75, 3.05) is 0 Å². The fraction of sp³-hybridized carbons (Fsp3) is 1.00. The first-order valence-corrected chi connectivity index (χ1v) is 6.68. The number of rotatable bonds is 2. The Morgan fingerprint density at radius 3 is 2.08 bits per heavy atom. The van der Waals surface area contributed by atoms with Gasteiger partial charge in [-0.3, -0.25) is 0 Å². The van der Waals surface area contributed by atoms with Gasteiger partial charge in [-0.2, -0.15) is 13.2 Å². The maximum atomic E-state index is 11.9. The predicted octanol–water partition coefficient (Wildman–Crippen LogP) is 2.67. The molecule has 5 heteroatoms. The van der Waals surface area contributed by atoms with Gasteiger partial charge in [0.05, 0.1) is 0 Å². The molecule has 1 aliphatic rings. The molecule has 1 aliphatic heterocycles. The van der Waals surface area contributed by atoms with Crippen LogP contribution in [0, 0.1) is 0 Å². The Morgan fingerprint density at radius 1 is 1.33 bits per heavy atom. The number of hydrogen-bond donors (Lipinski definition) is 1. The van der Waals surface area contributed by atoms with Gasteiger partial charge in [-0.25, -0.2) is 0 Å². The zero-order valence-corrected chi connectivity index (χ0v) is 8.15. The van der Waals surface area contributed by atoms with E-state index in [-0.39, 0.29) is 5.54 Å². The quantitative estimate of drug-likeness (QED) is 0.676. The number of alkyl halides is 3. The van der Waals surface area contributed by atoms with Crippen LogP contribution in [0.25, 0.3) is 0 Å². The highest BCUT2D eigenvalue weighted by Gasteiger charge is 2.64. The van der Waals surface area contributed by atoms with E-state index in [0.717, 1.165) is 0 Å². The van der Waals surface area contributed by atoms with Crippen LogP contribution < -0.4 is 0 Å². The standard InChI is InChI=1S/C7H13F3OSi/c1-3-5-6(12(5,2)11)4-7(8,9)10/h5-6,11H,3-4H2,1-2H3/t5?,6?,12-/m0/s1. The van der Waals surface area contributed by atoms with Crippen molar-refractivity contribution >= 4 is 8.32 Å². The summed E-state index contributed by atoms with van der Waals surface area (Å²) in [6.45, 7) is 3.46. The third-order valence-electron chi connectivity index (χ3n) is 2.77. The molecule has 0 aromatic heterocycles. The monoisotopic (exact) mass is 198 g/mol. The molecule has 0 aromatic carbocycles. The van der Waals surface area contributed by atoms with Crippen LogP contribution in [-0.4, -0.2) is 19.3 Å². The fourth-order valence-electron chi connectivity index (χ4n) is 1.98. The van der Waals surface area contributed by atoms with Gasteiger partial charge in [0.2, 0.25) is 0 Å². The summed E-state index contributed by atoms with van der Waals surface area (Å²) in [4.78, 5) is 9.55. The number of hydrogen-bond acceptors (Lipinski definition) is 1. The van der Waals surface area contributed by atoms with Gasteiger partial charge in [0.1, 0.15) is 0 Å². The van der Waals surface area contributed by atoms with E-state index < -0.39 is 26.5 Å². The first-order chi connectivity index (χ1) is 5.29. The molecule has 0 radical (unpaired) electrons. The summed E-state index contributed by atoms with van der Waals surface area (Å²) in [7, 11) is -2.45. The average Bonchev–Trinajstić information content (AvgIpc) is 2.30. The van der Waals surface area contributed by atoms with Crippen molar-refractivity contribution in [3.63, 3.8) is 0 Å². The maximum absolute atomic E-state index is 11.9. The van der Waals surface area contributed by atoms with Gasteiger partial charge in [0.15, 0.2) is 8.32 Å². The average molecular weight is 198 g/mol. The molecule has 1 heterocycles. The smallest absolute Gasteiger partial charge is 0.389 e. The highest BCUT2D eigenvalue weighted by Crippen LogP contribution is 2.63. The lowest BCUT2D eigenvalue weighted by Gasteiger charge is -2.05. The summed E-state index contributed by atoms with van der Waals surface area (Å²) in [6.07, 6.45) is -4.21. The summed E-state index contributed by atoms with van der Waals surface area (Å²) in [5.74, 6) is 0. The van der Waals surface area contributed by atoms with Crippen LogP contribution in [0.2, 0.25) is 17.6 Å². The van der Waals surface area contributed by atoms with Crippen LogP contribution in [0.5, 0.6) is 0 Å². The topological polar surface area (TPSA) is 20.2 Å². The normalized spacial score (nSPS) is 41.5. The van der Waals surface area contributed by atoms with Crippen molar-refractivity contribution in [3.05, 3.63) is 0 Å². The van der Waals surface area contributed by atoms with E-state index in [0.29, 0.717) is 6.42 Å². The van der Waals surface area contributed by atoms with E-state index in [9.17, 15) is 18.0 Å². The highest BCUT2D eigenvalue weighted by atomic mass is 28.4. The Morgan fingerprint density at radius 2 is 1.83 bits per heavy atom. The van der Waals surface area contributed by atoms with Crippen molar-refractivity contribution in [3.8, 4) is 0 Å². The molecular weight excluding hydrogens is 185 g/mol. The third-order valence-corrected chi connectivity index (χ3v) is 6.80. The van der Waals surface area contributed by atoms with Gasteiger partial charge in [0.25, 0.3) is 0 Å². The van der Waals surface area contributed by atoms with Crippen LogP contribution in [0.1, 0.15) is 19.8 Å². The second-order valence-corrected chi connectivity index (χ2v) is 7.60. The highest BCUT2D eigenvalue weighted by molar-refractivity contribution is 6.85. The van der Waals surface area contributed by atoms with E-state index in [1.165, 1.54) is 0 Å². The molecule has 0 bridgehead atoms. The van der Waals surface area contributed by atoms with Gasteiger partial charge in [0, 0.05) is 6.42 Å². The minimum atomic E-state index is -4.11. The van der Waals surface area contributed by atoms with Crippen LogP contribution in [0.4, 0.5) is 13.2 Å². The molecule has 72 valence electrons. The van der Waals surface area contributed by atoms with Gasteiger partial charge >= 0.3 is 6.18 Å². The van der Waals surface area contributed by atoms with E-state index in [1.54, 1.807) is 6.55 Å². The zero-order chi connectivity index (χ0) is 9.57. The van der Waals surface area contributed by atoms with E-state index in [4.69, 9.17) is 0 Å². The Balaban J connectivity index is 2.48. The molecule has 0 aromatic rings. The summed E-state index contributed by atoms with van der Waals surface area (Å²) >= 11 is 0. The second-order valence-electron chi connectivity index (χ2n) is 3.67. The first kappa shape index (κ1) is 10.1. The molecule has 0 amide bonds. The Bertz CT molecular complexity index is 178. The Kier molecular flexibility index (Phi) is 2.29. The number of halogens is 3. The lowest BCUT2D eigenvalue weighted by atomic mass is 10.2. The Labute approximate surface area is 70.7 Å². The van der Waals surface area contributed by atoms with Gasteiger partial charge in [-0.05, 0) is 17.6 Å². The molecule has 2 unspecified atom stereocenters. The van der Waals surface area contributed by atoms with Crippen LogP contribution in [0.15, 0.2) is 0 Å². The molecule has 0 aliphatic carbocycles. The molecule has 0 saturated carbocycles. The van der Waals surface area contributed by atoms with Crippen molar-refractivity contribution in [1.82, 2.24) is 0 Å². The van der Waals surface area contributed by atoms with Crippen molar-refractivity contribution < 1.29 is 18.0 Å². The largest absolute Gasteiger partial charge is 0.431 e. The van der Waals surface area contributed by atoms with Crippen molar-refractivity contribution in [2.45, 2.75) is 43.6 Å². The molecular formula is C7H13F3OSi. The third kappa shape index (κ3) is 1.82. The van der Waals surface area contributed by atoms with Crippen molar-refractivity contribution in [2.24, 2.45) is 0 Å². The molecule has 1 rings (SSSR count). The molecule has 1 N–H and O–H groups in total. The van der Waals surface area contributed by atoms with Gasteiger partial charge in [-0.1, -0.05) is 13.3 Å². The summed E-state index contributed by atoms with van der Waals surface area (Å²) in [5.41, 5.74) is -0.471. The summed E-state index contributed by atoms with van der Waals surface area (Å²) < 4.78 is 35.7. The molecule has 3 atom stereocenters. The summed E-state index contributed by atoms with van der Waals surface area (Å²) in [5, 5.41) is 0. The Hall–Kier alpha value is -0.0331.